The summed E-state index contributed by atoms with van der Waals surface area (Å²) in [6.07, 6.45) is 7.71. The minimum Gasteiger partial charge on any atom is -0.211 e. The van der Waals surface area contributed by atoms with E-state index in [0.717, 1.165) is 18.8 Å². The maximum atomic E-state index is 10.4. The smallest absolute Gasteiger partial charge is 0.211 e. The number of hydrogen-bond donors (Lipinski definition) is 0. The molecule has 0 atom stereocenters. The predicted molar refractivity (Wildman–Crippen MR) is 62.1 cm³/mol. The topological polar surface area (TPSA) is 29.4 Å². The molecular formula is C14H15NO. The van der Waals surface area contributed by atoms with E-state index in [4.69, 9.17) is 0 Å². The second-order valence-corrected chi connectivity index (χ2v) is 4.98. The van der Waals surface area contributed by atoms with Crippen LogP contribution in [0.15, 0.2) is 29.3 Å². The monoisotopic (exact) mass is 213 g/mol. The van der Waals surface area contributed by atoms with Gasteiger partial charge in [-0.3, -0.25) is 0 Å². The number of nitrogens with zero attached hydrogens (tertiary/aromatic N) is 1. The van der Waals surface area contributed by atoms with E-state index in [2.05, 4.69) is 29.3 Å². The molecule has 2 saturated carbocycles. The Morgan fingerprint density at radius 2 is 1.88 bits per heavy atom. The first-order chi connectivity index (χ1) is 7.84. The largest absolute Gasteiger partial charge is 0.235 e. The molecule has 0 spiro atoms. The molecule has 0 bridgehead atoms. The second-order valence-electron chi connectivity index (χ2n) is 4.98. The van der Waals surface area contributed by atoms with Gasteiger partial charge in [-0.1, -0.05) is 30.7 Å². The summed E-state index contributed by atoms with van der Waals surface area (Å²) in [4.78, 5) is 14.3. The molecule has 2 aliphatic rings. The summed E-state index contributed by atoms with van der Waals surface area (Å²) in [5, 5.41) is 0. The minimum atomic E-state index is -0.208. The molecule has 0 heterocycles. The van der Waals surface area contributed by atoms with E-state index < -0.39 is 0 Å². The molecular weight excluding hydrogens is 198 g/mol. The van der Waals surface area contributed by atoms with Crippen molar-refractivity contribution in [2.45, 2.75) is 43.6 Å². The van der Waals surface area contributed by atoms with Crippen LogP contribution >= 0.6 is 0 Å². The van der Waals surface area contributed by atoms with Crippen LogP contribution in [0.25, 0.3) is 0 Å². The van der Waals surface area contributed by atoms with E-state index in [0.29, 0.717) is 0 Å². The standard InChI is InChI=1S/C14H15NO/c16-10-15-14(8-9-14)13-6-4-12(5-7-13)11-2-1-3-11/h4-7,11H,1-3,8-9H2. The van der Waals surface area contributed by atoms with Gasteiger partial charge in [0.2, 0.25) is 6.08 Å². The van der Waals surface area contributed by atoms with Crippen molar-refractivity contribution in [3.8, 4) is 0 Å². The van der Waals surface area contributed by atoms with Gasteiger partial charge in [-0.2, -0.15) is 4.99 Å². The molecule has 2 heteroatoms. The van der Waals surface area contributed by atoms with Crippen molar-refractivity contribution >= 4 is 6.08 Å². The van der Waals surface area contributed by atoms with E-state index in [-0.39, 0.29) is 5.54 Å². The molecule has 0 aromatic heterocycles. The van der Waals surface area contributed by atoms with Gasteiger partial charge < -0.3 is 0 Å². The average molecular weight is 213 g/mol. The Morgan fingerprint density at radius 1 is 1.19 bits per heavy atom. The molecule has 1 aromatic rings. The maximum Gasteiger partial charge on any atom is 0.235 e. The number of benzene rings is 1. The third-order valence-electron chi connectivity index (χ3n) is 4.01. The van der Waals surface area contributed by atoms with Crippen LogP contribution < -0.4 is 0 Å². The quantitative estimate of drug-likeness (QED) is 0.559. The number of rotatable bonds is 3. The van der Waals surface area contributed by atoms with Gasteiger partial charge in [-0.15, -0.1) is 0 Å². The molecule has 16 heavy (non-hydrogen) atoms. The molecule has 82 valence electrons. The van der Waals surface area contributed by atoms with Crippen LogP contribution in [0, 0.1) is 0 Å². The maximum absolute atomic E-state index is 10.4. The first-order valence-corrected chi connectivity index (χ1v) is 6.03. The molecule has 2 nitrogen and oxygen atoms in total. The molecule has 0 unspecified atom stereocenters. The zero-order chi connectivity index (χ0) is 11.0. The number of carbonyl (C=O) groups excluding carboxylic acids is 1. The van der Waals surface area contributed by atoms with Crippen LogP contribution in [0.2, 0.25) is 0 Å². The van der Waals surface area contributed by atoms with Crippen LogP contribution in [0.1, 0.15) is 49.1 Å². The fourth-order valence-electron chi connectivity index (χ4n) is 2.48. The summed E-state index contributed by atoms with van der Waals surface area (Å²) in [7, 11) is 0. The van der Waals surface area contributed by atoms with E-state index >= 15 is 0 Å². The van der Waals surface area contributed by atoms with Gasteiger partial charge in [0.15, 0.2) is 0 Å². The van der Waals surface area contributed by atoms with Crippen molar-refractivity contribution < 1.29 is 4.79 Å². The van der Waals surface area contributed by atoms with Gasteiger partial charge in [-0.05, 0) is 42.7 Å². The summed E-state index contributed by atoms with van der Waals surface area (Å²) in [5.41, 5.74) is 2.42. The van der Waals surface area contributed by atoms with Crippen molar-refractivity contribution in [1.29, 1.82) is 0 Å². The fourth-order valence-corrected chi connectivity index (χ4v) is 2.48. The Kier molecular flexibility index (Phi) is 2.19. The molecule has 3 rings (SSSR count). The number of aliphatic imine (C=N–C) groups is 1. The minimum absolute atomic E-state index is 0.208. The molecule has 0 aliphatic heterocycles. The number of hydrogen-bond acceptors (Lipinski definition) is 2. The lowest BCUT2D eigenvalue weighted by molar-refractivity contribution is 0.419. The molecule has 1 aromatic carbocycles. The van der Waals surface area contributed by atoms with Crippen LogP contribution in [-0.2, 0) is 10.3 Å². The first kappa shape index (κ1) is 9.80. The van der Waals surface area contributed by atoms with Crippen LogP contribution in [0.3, 0.4) is 0 Å². The third kappa shape index (κ3) is 1.50. The molecule has 0 N–H and O–H groups in total. The van der Waals surface area contributed by atoms with Gasteiger partial charge in [-0.25, -0.2) is 4.79 Å². The summed E-state index contributed by atoms with van der Waals surface area (Å²) >= 11 is 0. The summed E-state index contributed by atoms with van der Waals surface area (Å²) in [6.45, 7) is 0. The second kappa shape index (κ2) is 3.57. The molecule has 0 radical (unpaired) electrons. The van der Waals surface area contributed by atoms with E-state index in [1.807, 2.05) is 0 Å². The Bertz CT molecular complexity index is 434. The Morgan fingerprint density at radius 3 is 2.31 bits per heavy atom. The first-order valence-electron chi connectivity index (χ1n) is 6.03. The lowest BCUT2D eigenvalue weighted by Crippen LogP contribution is -2.09. The zero-order valence-corrected chi connectivity index (χ0v) is 9.28. The van der Waals surface area contributed by atoms with E-state index in [1.165, 1.54) is 30.4 Å². The highest BCUT2D eigenvalue weighted by atomic mass is 16.1. The van der Waals surface area contributed by atoms with Crippen molar-refractivity contribution in [2.75, 3.05) is 0 Å². The molecule has 2 fully saturated rings. The third-order valence-corrected chi connectivity index (χ3v) is 4.01. The van der Waals surface area contributed by atoms with Gasteiger partial charge in [0.05, 0.1) is 5.54 Å². The summed E-state index contributed by atoms with van der Waals surface area (Å²) in [6, 6.07) is 8.70. The normalized spacial score (nSPS) is 22.0. The van der Waals surface area contributed by atoms with E-state index in [1.54, 1.807) is 6.08 Å². The highest BCUT2D eigenvalue weighted by Gasteiger charge is 2.44. The van der Waals surface area contributed by atoms with Gasteiger partial charge in [0, 0.05) is 0 Å². The number of isocyanates is 1. The lowest BCUT2D eigenvalue weighted by Gasteiger charge is -2.26. The Labute approximate surface area is 95.4 Å². The van der Waals surface area contributed by atoms with Crippen LogP contribution in [0.5, 0.6) is 0 Å². The summed E-state index contributed by atoms with van der Waals surface area (Å²) < 4.78 is 0. The van der Waals surface area contributed by atoms with Crippen molar-refractivity contribution in [2.24, 2.45) is 4.99 Å². The molecule has 0 saturated heterocycles. The molecule has 0 amide bonds. The highest BCUT2D eigenvalue weighted by molar-refractivity contribution is 5.42. The van der Waals surface area contributed by atoms with Crippen molar-refractivity contribution in [3.63, 3.8) is 0 Å². The van der Waals surface area contributed by atoms with Crippen molar-refractivity contribution in [1.82, 2.24) is 0 Å². The van der Waals surface area contributed by atoms with Crippen molar-refractivity contribution in [3.05, 3.63) is 35.4 Å². The van der Waals surface area contributed by atoms with Crippen LogP contribution in [0.4, 0.5) is 0 Å². The fraction of sp³-hybridized carbons (Fsp3) is 0.500. The van der Waals surface area contributed by atoms with Gasteiger partial charge in [0.25, 0.3) is 0 Å². The lowest BCUT2D eigenvalue weighted by atomic mass is 9.80. The van der Waals surface area contributed by atoms with Gasteiger partial charge >= 0.3 is 0 Å². The van der Waals surface area contributed by atoms with Crippen LogP contribution in [-0.4, -0.2) is 6.08 Å². The zero-order valence-electron chi connectivity index (χ0n) is 9.28. The predicted octanol–water partition coefficient (Wildman–Crippen LogP) is 3.28. The Balaban J connectivity index is 1.84. The highest BCUT2D eigenvalue weighted by Crippen LogP contribution is 2.49. The molecule has 2 aliphatic carbocycles. The summed E-state index contributed by atoms with van der Waals surface area (Å²) in [5.74, 6) is 0.777. The van der Waals surface area contributed by atoms with E-state index in [9.17, 15) is 4.79 Å². The SMILES string of the molecule is O=C=NC1(c2ccc(C3CCC3)cc2)CC1. The Hall–Kier alpha value is -1.40. The average Bonchev–Trinajstić information content (AvgIpc) is 2.98. The van der Waals surface area contributed by atoms with Gasteiger partial charge in [0.1, 0.15) is 0 Å².